The van der Waals surface area contributed by atoms with E-state index in [0.29, 0.717) is 6.42 Å². The van der Waals surface area contributed by atoms with Crippen molar-refractivity contribution in [1.29, 1.82) is 0 Å². The van der Waals surface area contributed by atoms with Gasteiger partial charge in [0, 0.05) is 23.2 Å². The molecule has 2 heterocycles. The third kappa shape index (κ3) is 3.98. The Morgan fingerprint density at radius 2 is 2.18 bits per heavy atom. The molecule has 12 heteroatoms. The van der Waals surface area contributed by atoms with Crippen LogP contribution in [0.25, 0.3) is 0 Å². The molecule has 2 aliphatic rings. The molecule has 0 saturated heterocycles. The van der Waals surface area contributed by atoms with Crippen LogP contribution in [-0.4, -0.2) is 50.8 Å². The Kier molecular flexibility index (Phi) is 5.94. The highest BCUT2D eigenvalue weighted by Gasteiger charge is 2.68. The molecule has 1 aliphatic heterocycles. The number of halogens is 3. The van der Waals surface area contributed by atoms with Crippen LogP contribution in [0.15, 0.2) is 29.5 Å². The van der Waals surface area contributed by atoms with Crippen molar-refractivity contribution in [2.24, 2.45) is 16.6 Å². The molecule has 0 bridgehead atoms. The van der Waals surface area contributed by atoms with E-state index in [9.17, 15) is 23.1 Å². The van der Waals surface area contributed by atoms with Gasteiger partial charge in [-0.15, -0.1) is 6.42 Å². The number of aliphatic hydroxyl groups is 1. The molecular weight excluding hydrogens is 459 g/mol. The van der Waals surface area contributed by atoms with E-state index in [1.807, 2.05) is 0 Å². The molecule has 1 amide bonds. The number of hydrogen-bond acceptors (Lipinski definition) is 8. The summed E-state index contributed by atoms with van der Waals surface area (Å²) in [7, 11) is 0. The van der Waals surface area contributed by atoms with Crippen molar-refractivity contribution in [2.75, 3.05) is 25.2 Å². The van der Waals surface area contributed by atoms with Crippen molar-refractivity contribution in [1.82, 2.24) is 9.97 Å². The van der Waals surface area contributed by atoms with Crippen LogP contribution in [0.3, 0.4) is 0 Å². The fourth-order valence-corrected chi connectivity index (χ4v) is 5.23. The predicted molar refractivity (Wildman–Crippen MR) is 115 cm³/mol. The van der Waals surface area contributed by atoms with Crippen LogP contribution in [0.5, 0.6) is 5.88 Å². The van der Waals surface area contributed by atoms with E-state index >= 15 is 0 Å². The molecule has 0 spiro atoms. The van der Waals surface area contributed by atoms with Crippen molar-refractivity contribution < 1.29 is 27.8 Å². The molecule has 1 aliphatic carbocycles. The van der Waals surface area contributed by atoms with Gasteiger partial charge in [0.1, 0.15) is 17.9 Å². The Balaban J connectivity index is 1.65. The number of carbonyl (C=O) groups is 1. The molecule has 1 aromatic heterocycles. The van der Waals surface area contributed by atoms with E-state index in [4.69, 9.17) is 16.9 Å². The third-order valence-electron chi connectivity index (χ3n) is 5.61. The summed E-state index contributed by atoms with van der Waals surface area (Å²) in [5, 5.41) is 12.1. The van der Waals surface area contributed by atoms with Crippen LogP contribution in [0, 0.1) is 29.9 Å². The van der Waals surface area contributed by atoms with E-state index < -0.39 is 46.0 Å². The van der Waals surface area contributed by atoms with Gasteiger partial charge < -0.3 is 20.9 Å². The Bertz CT molecular complexity index is 1170. The quantitative estimate of drug-likeness (QED) is 0.522. The first-order chi connectivity index (χ1) is 15.8. The average Bonchev–Trinajstić information content (AvgIpc) is 3.55. The van der Waals surface area contributed by atoms with Crippen LogP contribution in [-0.2, 0) is 5.54 Å². The van der Waals surface area contributed by atoms with E-state index in [0.717, 1.165) is 30.1 Å². The lowest BCUT2D eigenvalue weighted by Gasteiger charge is -2.34. The molecule has 172 valence electrons. The highest BCUT2D eigenvalue weighted by atomic mass is 32.2. The molecule has 0 radical (unpaired) electrons. The Hall–Kier alpha value is -3.30. The second-order valence-corrected chi connectivity index (χ2v) is 9.03. The van der Waals surface area contributed by atoms with Gasteiger partial charge in [-0.1, -0.05) is 17.7 Å². The fraction of sp³-hybridized carbons (Fsp3) is 0.333. The summed E-state index contributed by atoms with van der Waals surface area (Å²) in [6.45, 7) is -1.52. The molecule has 33 heavy (non-hydrogen) atoms. The molecule has 1 fully saturated rings. The summed E-state index contributed by atoms with van der Waals surface area (Å²) in [4.78, 5) is 24.4. The zero-order valence-electron chi connectivity index (χ0n) is 17.0. The number of hydrogen-bond donors (Lipinski definition) is 3. The lowest BCUT2D eigenvalue weighted by Crippen LogP contribution is -2.41. The van der Waals surface area contributed by atoms with E-state index in [2.05, 4.69) is 26.2 Å². The normalized spacial score (nSPS) is 25.4. The molecule has 1 unspecified atom stereocenters. The van der Waals surface area contributed by atoms with Gasteiger partial charge in [0.25, 0.3) is 5.91 Å². The summed E-state index contributed by atoms with van der Waals surface area (Å²) in [6.07, 6.45) is 7.71. The summed E-state index contributed by atoms with van der Waals surface area (Å²) in [5.74, 6) is -1.61. The number of benzene rings is 1. The van der Waals surface area contributed by atoms with Gasteiger partial charge in [-0.2, -0.15) is 0 Å². The summed E-state index contributed by atoms with van der Waals surface area (Å²) >= 11 is 1.09. The SMILES string of the molecule is C#CCOc1cnc(C(=O)Nc2cc(F)c(F)c([C@@]3(CF)N=C(N)S[C@@]4(CO)CC43)c2)cn1. The topological polar surface area (TPSA) is 123 Å². The Labute approximate surface area is 190 Å². The number of carbonyl (C=O) groups excluding carboxylic acids is 1. The van der Waals surface area contributed by atoms with Crippen LogP contribution in [0.4, 0.5) is 18.9 Å². The Morgan fingerprint density at radius 1 is 1.39 bits per heavy atom. The second kappa shape index (κ2) is 8.57. The smallest absolute Gasteiger partial charge is 0.275 e. The van der Waals surface area contributed by atoms with Gasteiger partial charge >= 0.3 is 0 Å². The molecule has 1 aromatic carbocycles. The van der Waals surface area contributed by atoms with Gasteiger partial charge in [-0.05, 0) is 12.5 Å². The number of amides is 1. The van der Waals surface area contributed by atoms with Crippen LogP contribution < -0.4 is 15.8 Å². The van der Waals surface area contributed by atoms with Crippen LogP contribution in [0.2, 0.25) is 0 Å². The number of nitrogens with zero attached hydrogens (tertiary/aromatic N) is 3. The number of aliphatic imine (C=N–C) groups is 1. The maximum Gasteiger partial charge on any atom is 0.275 e. The minimum Gasteiger partial charge on any atom is -0.463 e. The fourth-order valence-electron chi connectivity index (χ4n) is 3.95. The zero-order chi connectivity index (χ0) is 23.8. The number of thioether (sulfide) groups is 1. The van der Waals surface area contributed by atoms with Crippen molar-refractivity contribution in [3.05, 3.63) is 47.4 Å². The summed E-state index contributed by atoms with van der Waals surface area (Å²) < 4.78 is 48.0. The first kappa shape index (κ1) is 22.9. The minimum atomic E-state index is -1.82. The summed E-state index contributed by atoms with van der Waals surface area (Å²) in [6, 6.07) is 1.87. The maximum atomic E-state index is 14.9. The number of rotatable bonds is 7. The van der Waals surface area contributed by atoms with Gasteiger partial charge in [-0.25, -0.2) is 28.1 Å². The lowest BCUT2D eigenvalue weighted by molar-refractivity contribution is 0.102. The molecule has 4 rings (SSSR count). The van der Waals surface area contributed by atoms with E-state index in [1.165, 1.54) is 6.20 Å². The highest BCUT2D eigenvalue weighted by Crippen LogP contribution is 2.66. The number of alkyl halides is 1. The third-order valence-corrected chi connectivity index (χ3v) is 6.89. The van der Waals surface area contributed by atoms with Crippen molar-refractivity contribution in [3.8, 4) is 18.2 Å². The van der Waals surface area contributed by atoms with Crippen molar-refractivity contribution >= 4 is 28.5 Å². The first-order valence-corrected chi connectivity index (χ1v) is 10.5. The average molecular weight is 477 g/mol. The lowest BCUT2D eigenvalue weighted by atomic mass is 9.84. The predicted octanol–water partition coefficient (Wildman–Crippen LogP) is 2.00. The maximum absolute atomic E-state index is 14.9. The number of nitrogens with two attached hydrogens (primary N) is 1. The number of nitrogens with one attached hydrogen (secondary N) is 1. The number of amidine groups is 1. The standard InChI is InChI=1S/C21H18F3N5O3S/c1-2-3-32-16-8-26-14(7-27-16)18(31)28-11-4-12(17(24)13(23)5-11)21(9-22)15-6-20(15,10-30)33-19(25)29-21/h1,4-5,7-8,15,30H,3,6,9-10H2,(H2,25,29)(H,28,31)/t15?,20-,21-/m1/s1. The minimum absolute atomic E-state index is 0.0295. The molecule has 2 aromatic rings. The number of aliphatic hydroxyl groups excluding tert-OH is 1. The Morgan fingerprint density at radius 3 is 2.82 bits per heavy atom. The number of fused-ring (bicyclic) bond motifs is 1. The van der Waals surface area contributed by atoms with Gasteiger partial charge in [-0.3, -0.25) is 4.79 Å². The van der Waals surface area contributed by atoms with Crippen molar-refractivity contribution in [3.63, 3.8) is 0 Å². The number of ether oxygens (including phenoxy) is 1. The molecule has 3 atom stereocenters. The number of aromatic nitrogens is 2. The van der Waals surface area contributed by atoms with E-state index in [1.54, 1.807) is 0 Å². The van der Waals surface area contributed by atoms with Crippen LogP contribution in [0.1, 0.15) is 22.5 Å². The van der Waals surface area contributed by atoms with Gasteiger partial charge in [0.15, 0.2) is 23.4 Å². The number of terminal acetylenes is 1. The van der Waals surface area contributed by atoms with Gasteiger partial charge in [0.2, 0.25) is 5.88 Å². The van der Waals surface area contributed by atoms with Crippen LogP contribution >= 0.6 is 11.8 Å². The molecule has 4 N–H and O–H groups in total. The molecule has 8 nitrogen and oxygen atoms in total. The second-order valence-electron chi connectivity index (χ2n) is 7.60. The first-order valence-electron chi connectivity index (χ1n) is 9.69. The highest BCUT2D eigenvalue weighted by molar-refractivity contribution is 8.15. The number of anilines is 1. The van der Waals surface area contributed by atoms with Crippen molar-refractivity contribution in [2.45, 2.75) is 16.7 Å². The van der Waals surface area contributed by atoms with Gasteiger partial charge in [0.05, 0.1) is 23.7 Å². The zero-order valence-corrected chi connectivity index (χ0v) is 17.8. The monoisotopic (exact) mass is 477 g/mol. The molecular formula is C21H18F3N5O3S. The largest absolute Gasteiger partial charge is 0.463 e. The summed E-state index contributed by atoms with van der Waals surface area (Å²) in [5.41, 5.74) is 3.35. The van der Waals surface area contributed by atoms with E-state index in [-0.39, 0.29) is 35.6 Å². The molecule has 1 saturated carbocycles.